The van der Waals surface area contributed by atoms with Crippen molar-refractivity contribution in [3.63, 3.8) is 0 Å². The highest BCUT2D eigenvalue weighted by molar-refractivity contribution is 6.37. The molecule has 10 nitrogen and oxygen atoms in total. The molecule has 0 atom stereocenters. The minimum Gasteiger partial charge on any atom is -0.422 e. The summed E-state index contributed by atoms with van der Waals surface area (Å²) in [6.45, 7) is 0. The fourth-order valence-electron chi connectivity index (χ4n) is 4.30. The van der Waals surface area contributed by atoms with Gasteiger partial charge in [0, 0.05) is 21.2 Å². The van der Waals surface area contributed by atoms with Gasteiger partial charge in [-0.25, -0.2) is 20.4 Å². The van der Waals surface area contributed by atoms with Crippen molar-refractivity contribution in [1.82, 2.24) is 10.9 Å². The van der Waals surface area contributed by atoms with Crippen LogP contribution in [0.3, 0.4) is 0 Å². The largest absolute Gasteiger partial charge is 0.422 e. The first-order valence-corrected chi connectivity index (χ1v) is 15.9. The molecule has 50 heavy (non-hydrogen) atoms. The summed E-state index contributed by atoms with van der Waals surface area (Å²) in [5, 5.41) is 8.95. The summed E-state index contributed by atoms with van der Waals surface area (Å²) in [4.78, 5) is 51.7. The van der Waals surface area contributed by atoms with E-state index in [1.807, 2.05) is 0 Å². The van der Waals surface area contributed by atoms with Gasteiger partial charge in [0.15, 0.2) is 0 Å². The van der Waals surface area contributed by atoms with Crippen LogP contribution in [-0.4, -0.2) is 36.2 Å². The summed E-state index contributed by atoms with van der Waals surface area (Å²) in [6, 6.07) is 27.7. The number of esters is 2. The van der Waals surface area contributed by atoms with E-state index in [1.165, 1.54) is 73.1 Å². The summed E-state index contributed by atoms with van der Waals surface area (Å²) in [5.74, 6) is -2.66. The maximum Gasteiger partial charge on any atom is 0.344 e. The highest BCUT2D eigenvalue weighted by atomic mass is 35.5. The Hall–Kier alpha value is -5.52. The van der Waals surface area contributed by atoms with E-state index >= 15 is 0 Å². The number of rotatable bonds is 10. The fraction of sp³-hybridized carbons (Fsp3) is 0. The number of benzene rings is 5. The lowest BCUT2D eigenvalue weighted by atomic mass is 10.1. The monoisotopic (exact) mass is 746 g/mol. The van der Waals surface area contributed by atoms with Gasteiger partial charge in [-0.15, -0.1) is 0 Å². The summed E-state index contributed by atoms with van der Waals surface area (Å²) in [5.41, 5.74) is 5.60. The number of amides is 2. The summed E-state index contributed by atoms with van der Waals surface area (Å²) in [7, 11) is 0. The summed E-state index contributed by atoms with van der Waals surface area (Å²) in [6.07, 6.45) is 2.57. The number of nitrogens with zero attached hydrogens (tertiary/aromatic N) is 2. The molecule has 0 radical (unpaired) electrons. The Kier molecular flexibility index (Phi) is 12.0. The number of halogens is 4. The number of ether oxygens (including phenoxy) is 2. The Morgan fingerprint density at radius 3 is 1.28 bits per heavy atom. The van der Waals surface area contributed by atoms with Crippen LogP contribution < -0.4 is 20.3 Å². The van der Waals surface area contributed by atoms with Crippen LogP contribution in [0.4, 0.5) is 0 Å². The molecule has 0 aromatic heterocycles. The molecule has 0 fully saturated rings. The van der Waals surface area contributed by atoms with E-state index < -0.39 is 23.8 Å². The topological polar surface area (TPSA) is 136 Å². The molecule has 5 rings (SSSR count). The molecule has 5 aromatic rings. The van der Waals surface area contributed by atoms with Gasteiger partial charge in [0.1, 0.15) is 11.5 Å². The minimum absolute atomic E-state index is 0.0758. The van der Waals surface area contributed by atoms with Gasteiger partial charge in [0.2, 0.25) is 0 Å². The lowest BCUT2D eigenvalue weighted by Gasteiger charge is -2.12. The molecule has 5 aromatic carbocycles. The van der Waals surface area contributed by atoms with Crippen molar-refractivity contribution in [2.45, 2.75) is 0 Å². The van der Waals surface area contributed by atoms with Crippen molar-refractivity contribution in [2.75, 3.05) is 0 Å². The van der Waals surface area contributed by atoms with Gasteiger partial charge >= 0.3 is 11.9 Å². The maximum atomic E-state index is 13.4. The van der Waals surface area contributed by atoms with E-state index in [9.17, 15) is 19.2 Å². The number of hydrogen-bond acceptors (Lipinski definition) is 8. The molecule has 0 aliphatic rings. The van der Waals surface area contributed by atoms with E-state index in [-0.39, 0.29) is 43.8 Å². The van der Waals surface area contributed by atoms with Gasteiger partial charge in [0.05, 0.1) is 44.7 Å². The van der Waals surface area contributed by atoms with Gasteiger partial charge in [-0.3, -0.25) is 9.59 Å². The number of para-hydroxylation sites is 2. The average molecular weight is 748 g/mol. The molecular weight excluding hydrogens is 726 g/mol. The number of hydrogen-bond donors (Lipinski definition) is 2. The van der Waals surface area contributed by atoms with E-state index in [0.29, 0.717) is 21.2 Å². The van der Waals surface area contributed by atoms with Crippen LogP contribution in [0.5, 0.6) is 11.5 Å². The van der Waals surface area contributed by atoms with Crippen LogP contribution in [-0.2, 0) is 0 Å². The van der Waals surface area contributed by atoms with E-state index in [4.69, 9.17) is 55.9 Å². The van der Waals surface area contributed by atoms with Gasteiger partial charge in [-0.2, -0.15) is 10.2 Å². The second-order valence-corrected chi connectivity index (χ2v) is 11.7. The molecule has 250 valence electrons. The van der Waals surface area contributed by atoms with Crippen LogP contribution in [0, 0.1) is 0 Å². The van der Waals surface area contributed by atoms with Gasteiger partial charge in [-0.1, -0.05) is 82.8 Å². The van der Waals surface area contributed by atoms with Crippen molar-refractivity contribution in [1.29, 1.82) is 0 Å². The molecule has 0 unspecified atom stereocenters. The number of carbonyl (C=O) groups is 4. The number of nitrogens with one attached hydrogen (secondary N) is 2. The van der Waals surface area contributed by atoms with Crippen molar-refractivity contribution in [3.8, 4) is 11.5 Å². The predicted octanol–water partition coefficient (Wildman–Crippen LogP) is 8.27. The normalized spacial score (nSPS) is 11.0. The second kappa shape index (κ2) is 16.7. The molecule has 0 saturated carbocycles. The molecule has 2 amide bonds. The molecular formula is C36H22Cl4N4O6. The van der Waals surface area contributed by atoms with Crippen molar-refractivity contribution < 1.29 is 28.7 Å². The number of carbonyl (C=O) groups excluding carboxylic acids is 4. The van der Waals surface area contributed by atoms with E-state index in [0.717, 1.165) is 0 Å². The zero-order valence-corrected chi connectivity index (χ0v) is 28.4. The Bertz CT molecular complexity index is 2020. The lowest BCUT2D eigenvalue weighted by Crippen LogP contribution is -2.19. The third-order valence-electron chi connectivity index (χ3n) is 6.70. The lowest BCUT2D eigenvalue weighted by molar-refractivity contribution is 0.0692. The van der Waals surface area contributed by atoms with Gasteiger partial charge in [0.25, 0.3) is 11.8 Å². The smallest absolute Gasteiger partial charge is 0.344 e. The highest BCUT2D eigenvalue weighted by Gasteiger charge is 2.22. The van der Waals surface area contributed by atoms with E-state index in [2.05, 4.69) is 21.1 Å². The fourth-order valence-corrected chi connectivity index (χ4v) is 5.29. The first-order chi connectivity index (χ1) is 24.1. The third kappa shape index (κ3) is 9.13. The van der Waals surface area contributed by atoms with Crippen molar-refractivity contribution in [3.05, 3.63) is 163 Å². The first kappa shape index (κ1) is 35.8. The van der Waals surface area contributed by atoms with Gasteiger partial charge < -0.3 is 9.47 Å². The predicted molar refractivity (Wildman–Crippen MR) is 192 cm³/mol. The average Bonchev–Trinajstić information content (AvgIpc) is 3.09. The molecule has 14 heteroatoms. The minimum atomic E-state index is -0.853. The van der Waals surface area contributed by atoms with Crippen LogP contribution >= 0.6 is 46.4 Å². The van der Waals surface area contributed by atoms with E-state index in [1.54, 1.807) is 48.5 Å². The number of hydrazone groups is 2. The quantitative estimate of drug-likeness (QED) is 0.0639. The van der Waals surface area contributed by atoms with Gasteiger partial charge in [-0.05, 0) is 72.8 Å². The molecule has 0 aliphatic carbocycles. The molecule has 0 saturated heterocycles. The second-order valence-electron chi connectivity index (χ2n) is 10.0. The highest BCUT2D eigenvalue weighted by Crippen LogP contribution is 2.24. The van der Waals surface area contributed by atoms with Crippen LogP contribution in [0.15, 0.2) is 119 Å². The third-order valence-corrected chi connectivity index (χ3v) is 7.80. The Morgan fingerprint density at radius 1 is 0.500 bits per heavy atom. The Labute approximate surface area is 305 Å². The SMILES string of the molecule is O=C(N/N=C/c1ccccc1OC(=O)c1ccccc1C(=O)Oc1ccccc1/C=N/NC(=O)c1ccc(Cl)cc1Cl)c1ccc(Cl)cc1Cl. The van der Waals surface area contributed by atoms with Crippen LogP contribution in [0.1, 0.15) is 52.6 Å². The Morgan fingerprint density at radius 2 is 0.880 bits per heavy atom. The maximum absolute atomic E-state index is 13.4. The standard InChI is InChI=1S/C36H22Cl4N4O6/c37-23-13-15-27(29(39)17-23)33(45)43-41-19-21-7-1-5-11-31(21)49-35(47)25-9-3-4-10-26(25)36(48)50-32-12-6-2-8-22(32)20-42-44-34(46)28-16-14-24(38)18-30(28)40/h1-20H,(H,43,45)(H,44,46)/b41-19+,42-20+. The zero-order chi connectivity index (χ0) is 35.6. The molecule has 0 spiro atoms. The molecule has 0 heterocycles. The summed E-state index contributed by atoms with van der Waals surface area (Å²) < 4.78 is 11.3. The van der Waals surface area contributed by atoms with Crippen molar-refractivity contribution >= 4 is 82.6 Å². The molecule has 2 N–H and O–H groups in total. The zero-order valence-electron chi connectivity index (χ0n) is 25.4. The Balaban J connectivity index is 1.27. The van der Waals surface area contributed by atoms with Crippen molar-refractivity contribution in [2.24, 2.45) is 10.2 Å². The first-order valence-electron chi connectivity index (χ1n) is 14.4. The molecule has 0 bridgehead atoms. The van der Waals surface area contributed by atoms with Crippen LogP contribution in [0.25, 0.3) is 0 Å². The molecule has 0 aliphatic heterocycles. The summed E-state index contributed by atoms with van der Waals surface area (Å²) >= 11 is 24.0. The van der Waals surface area contributed by atoms with Crippen LogP contribution in [0.2, 0.25) is 20.1 Å².